The molecule has 0 aromatic heterocycles. The van der Waals surface area contributed by atoms with Crippen molar-refractivity contribution in [2.24, 2.45) is 17.8 Å². The molecule has 0 aliphatic heterocycles. The Hall–Kier alpha value is -0.530. The minimum atomic E-state index is 0.641. The van der Waals surface area contributed by atoms with Crippen LogP contribution in [-0.2, 0) is 6.42 Å². The summed E-state index contributed by atoms with van der Waals surface area (Å²) in [6, 6.07) is 7.12. The molecular formula is C18H28ClN. The molecule has 0 spiro atoms. The normalized spacial score (nSPS) is 27.0. The van der Waals surface area contributed by atoms with E-state index in [4.69, 9.17) is 11.6 Å². The predicted molar refractivity (Wildman–Crippen MR) is 88.4 cm³/mol. The van der Waals surface area contributed by atoms with Gasteiger partial charge in [-0.05, 0) is 74.6 Å². The van der Waals surface area contributed by atoms with Gasteiger partial charge >= 0.3 is 0 Å². The van der Waals surface area contributed by atoms with Gasteiger partial charge in [0.15, 0.2) is 0 Å². The van der Waals surface area contributed by atoms with Crippen LogP contribution in [0.2, 0.25) is 5.02 Å². The van der Waals surface area contributed by atoms with Crippen molar-refractivity contribution >= 4 is 11.6 Å². The summed E-state index contributed by atoms with van der Waals surface area (Å²) >= 11 is 6.42. The lowest BCUT2D eigenvalue weighted by Gasteiger charge is -2.38. The standard InChI is InChI=1S/C18H28ClN/c1-12(2)14-7-8-18(20-4)16(10-14)11-15-6-5-13(3)9-17(15)19/h5-6,9,12,14,16,18,20H,7-8,10-11H2,1-4H3. The zero-order valence-electron chi connectivity index (χ0n) is 13.2. The molecule has 0 saturated heterocycles. The summed E-state index contributed by atoms with van der Waals surface area (Å²) in [6.07, 6.45) is 5.09. The first-order valence-corrected chi connectivity index (χ1v) is 8.31. The minimum Gasteiger partial charge on any atom is -0.317 e. The number of aryl methyl sites for hydroxylation is 1. The third kappa shape index (κ3) is 3.77. The summed E-state index contributed by atoms with van der Waals surface area (Å²) in [5.74, 6) is 2.37. The van der Waals surface area contributed by atoms with E-state index in [1.807, 2.05) is 0 Å². The van der Waals surface area contributed by atoms with Gasteiger partial charge in [0.1, 0.15) is 0 Å². The summed E-state index contributed by atoms with van der Waals surface area (Å²) in [5.41, 5.74) is 2.56. The van der Waals surface area contributed by atoms with Crippen LogP contribution in [0.4, 0.5) is 0 Å². The molecule has 3 unspecified atom stereocenters. The van der Waals surface area contributed by atoms with E-state index in [1.165, 1.54) is 30.4 Å². The maximum absolute atomic E-state index is 6.42. The van der Waals surface area contributed by atoms with Crippen LogP contribution in [0.5, 0.6) is 0 Å². The Morgan fingerprint density at radius 2 is 2.05 bits per heavy atom. The van der Waals surface area contributed by atoms with Gasteiger partial charge in [-0.1, -0.05) is 37.6 Å². The Labute approximate surface area is 129 Å². The number of benzene rings is 1. The van der Waals surface area contributed by atoms with Crippen LogP contribution in [0.1, 0.15) is 44.2 Å². The molecule has 1 saturated carbocycles. The van der Waals surface area contributed by atoms with E-state index in [-0.39, 0.29) is 0 Å². The van der Waals surface area contributed by atoms with Crippen LogP contribution < -0.4 is 5.32 Å². The summed E-state index contributed by atoms with van der Waals surface area (Å²) in [4.78, 5) is 0. The highest BCUT2D eigenvalue weighted by molar-refractivity contribution is 6.31. The third-order valence-corrected chi connectivity index (χ3v) is 5.38. The third-order valence-electron chi connectivity index (χ3n) is 5.03. The smallest absolute Gasteiger partial charge is 0.0440 e. The summed E-state index contributed by atoms with van der Waals surface area (Å²) < 4.78 is 0. The molecule has 2 rings (SSSR count). The molecule has 1 aromatic rings. The SMILES string of the molecule is CNC1CCC(C(C)C)CC1Cc1ccc(C)cc1Cl. The fourth-order valence-electron chi connectivity index (χ4n) is 3.61. The van der Waals surface area contributed by atoms with Gasteiger partial charge in [-0.3, -0.25) is 0 Å². The topological polar surface area (TPSA) is 12.0 Å². The van der Waals surface area contributed by atoms with Gasteiger partial charge in [-0.15, -0.1) is 0 Å². The Morgan fingerprint density at radius 1 is 1.30 bits per heavy atom. The van der Waals surface area contributed by atoms with Gasteiger partial charge in [0.05, 0.1) is 0 Å². The van der Waals surface area contributed by atoms with Gasteiger partial charge in [0.2, 0.25) is 0 Å². The van der Waals surface area contributed by atoms with E-state index < -0.39 is 0 Å². The quantitative estimate of drug-likeness (QED) is 0.836. The highest BCUT2D eigenvalue weighted by Crippen LogP contribution is 2.36. The Balaban J connectivity index is 2.11. The van der Waals surface area contributed by atoms with E-state index in [0.29, 0.717) is 12.0 Å². The molecule has 2 heteroatoms. The lowest BCUT2D eigenvalue weighted by Crippen LogP contribution is -2.40. The summed E-state index contributed by atoms with van der Waals surface area (Å²) in [7, 11) is 2.10. The molecular weight excluding hydrogens is 266 g/mol. The van der Waals surface area contributed by atoms with Crippen LogP contribution in [0, 0.1) is 24.7 Å². The highest BCUT2D eigenvalue weighted by Gasteiger charge is 2.31. The van der Waals surface area contributed by atoms with E-state index in [9.17, 15) is 0 Å². The van der Waals surface area contributed by atoms with Gasteiger partial charge in [-0.2, -0.15) is 0 Å². The number of nitrogens with one attached hydrogen (secondary N) is 1. The number of rotatable bonds is 4. The Kier molecular flexibility index (Phi) is 5.51. The number of hydrogen-bond donors (Lipinski definition) is 1. The van der Waals surface area contributed by atoms with Crippen molar-refractivity contribution in [2.45, 2.75) is 52.5 Å². The van der Waals surface area contributed by atoms with Crippen LogP contribution in [0.3, 0.4) is 0 Å². The molecule has 0 bridgehead atoms. The average molecular weight is 294 g/mol. The molecule has 1 aliphatic carbocycles. The highest BCUT2D eigenvalue weighted by atomic mass is 35.5. The van der Waals surface area contributed by atoms with Crippen LogP contribution >= 0.6 is 11.6 Å². The first-order chi connectivity index (χ1) is 9.51. The van der Waals surface area contributed by atoms with Crippen LogP contribution in [-0.4, -0.2) is 13.1 Å². The van der Waals surface area contributed by atoms with Crippen molar-refractivity contribution < 1.29 is 0 Å². The van der Waals surface area contributed by atoms with Crippen molar-refractivity contribution in [2.75, 3.05) is 7.05 Å². The lowest BCUT2D eigenvalue weighted by molar-refractivity contribution is 0.173. The molecule has 1 aromatic carbocycles. The molecule has 3 atom stereocenters. The molecule has 0 amide bonds. The van der Waals surface area contributed by atoms with Crippen LogP contribution in [0.15, 0.2) is 18.2 Å². The molecule has 112 valence electrons. The minimum absolute atomic E-state index is 0.641. The maximum atomic E-state index is 6.42. The van der Waals surface area contributed by atoms with Crippen molar-refractivity contribution in [3.05, 3.63) is 34.3 Å². The van der Waals surface area contributed by atoms with E-state index in [2.05, 4.69) is 51.3 Å². The van der Waals surface area contributed by atoms with Crippen LogP contribution in [0.25, 0.3) is 0 Å². The molecule has 1 N–H and O–H groups in total. The number of halogens is 1. The van der Waals surface area contributed by atoms with Crippen molar-refractivity contribution in [1.29, 1.82) is 0 Å². The Morgan fingerprint density at radius 3 is 2.65 bits per heavy atom. The zero-order valence-corrected chi connectivity index (χ0v) is 14.0. The summed E-state index contributed by atoms with van der Waals surface area (Å²) in [6.45, 7) is 6.82. The average Bonchev–Trinajstić information content (AvgIpc) is 2.41. The lowest BCUT2D eigenvalue weighted by atomic mass is 9.72. The van der Waals surface area contributed by atoms with E-state index in [1.54, 1.807) is 0 Å². The molecule has 1 nitrogen and oxygen atoms in total. The molecule has 1 aliphatic rings. The van der Waals surface area contributed by atoms with Gasteiger partial charge in [0.25, 0.3) is 0 Å². The monoisotopic (exact) mass is 293 g/mol. The summed E-state index contributed by atoms with van der Waals surface area (Å²) in [5, 5.41) is 4.46. The second-order valence-electron chi connectivity index (χ2n) is 6.77. The van der Waals surface area contributed by atoms with Crippen molar-refractivity contribution in [3.8, 4) is 0 Å². The second kappa shape index (κ2) is 6.95. The van der Waals surface area contributed by atoms with E-state index >= 15 is 0 Å². The largest absolute Gasteiger partial charge is 0.317 e. The van der Waals surface area contributed by atoms with Gasteiger partial charge in [-0.25, -0.2) is 0 Å². The zero-order chi connectivity index (χ0) is 14.7. The molecule has 1 fully saturated rings. The first kappa shape index (κ1) is 15.9. The van der Waals surface area contributed by atoms with Crippen molar-refractivity contribution in [3.63, 3.8) is 0 Å². The number of hydrogen-bond acceptors (Lipinski definition) is 1. The Bertz CT molecular complexity index is 441. The van der Waals surface area contributed by atoms with Crippen molar-refractivity contribution in [1.82, 2.24) is 5.32 Å². The fourth-order valence-corrected chi connectivity index (χ4v) is 3.92. The van der Waals surface area contributed by atoms with Gasteiger partial charge < -0.3 is 5.32 Å². The molecule has 0 radical (unpaired) electrons. The second-order valence-corrected chi connectivity index (χ2v) is 7.18. The predicted octanol–water partition coefficient (Wildman–Crippen LogP) is 4.85. The maximum Gasteiger partial charge on any atom is 0.0440 e. The first-order valence-electron chi connectivity index (χ1n) is 7.93. The van der Waals surface area contributed by atoms with E-state index in [0.717, 1.165) is 23.3 Å². The molecule has 20 heavy (non-hydrogen) atoms. The fraction of sp³-hybridized carbons (Fsp3) is 0.667. The molecule has 0 heterocycles. The van der Waals surface area contributed by atoms with Gasteiger partial charge in [0, 0.05) is 11.1 Å².